The molecule has 0 spiro atoms. The molecule has 1 atom stereocenters. The van der Waals surface area contributed by atoms with Crippen LogP contribution in [0.1, 0.15) is 18.1 Å². The van der Waals surface area contributed by atoms with Crippen molar-refractivity contribution in [1.29, 1.82) is 0 Å². The van der Waals surface area contributed by atoms with E-state index in [0.717, 1.165) is 9.87 Å². The van der Waals surface area contributed by atoms with Gasteiger partial charge in [0.25, 0.3) is 10.0 Å². The first-order chi connectivity index (χ1) is 20.6. The van der Waals surface area contributed by atoms with Gasteiger partial charge in [-0.1, -0.05) is 95.5 Å². The molecular weight excluding hydrogens is 629 g/mol. The summed E-state index contributed by atoms with van der Waals surface area (Å²) in [4.78, 5) is 29.2. The van der Waals surface area contributed by atoms with Gasteiger partial charge >= 0.3 is 0 Å². The zero-order valence-corrected chi connectivity index (χ0v) is 26.4. The van der Waals surface area contributed by atoms with Gasteiger partial charge in [-0.25, -0.2) is 8.42 Å². The lowest BCUT2D eigenvalue weighted by atomic mass is 10.0. The van der Waals surface area contributed by atoms with E-state index in [4.69, 9.17) is 34.8 Å². The average molecular weight is 659 g/mol. The fourth-order valence-corrected chi connectivity index (χ4v) is 6.55. The molecule has 0 aliphatic carbocycles. The van der Waals surface area contributed by atoms with Crippen molar-refractivity contribution in [3.8, 4) is 0 Å². The van der Waals surface area contributed by atoms with Gasteiger partial charge in [0.2, 0.25) is 11.8 Å². The van der Waals surface area contributed by atoms with E-state index in [2.05, 4.69) is 5.32 Å². The number of likely N-dealkylation sites (N-methyl/N-ethyl adjacent to an activating group) is 1. The summed E-state index contributed by atoms with van der Waals surface area (Å²) in [5.74, 6) is -0.982. The van der Waals surface area contributed by atoms with E-state index in [1.165, 1.54) is 35.2 Å². The quantitative estimate of drug-likeness (QED) is 0.185. The van der Waals surface area contributed by atoms with Crippen LogP contribution in [0.15, 0.2) is 108 Å². The van der Waals surface area contributed by atoms with Gasteiger partial charge in [0.15, 0.2) is 0 Å². The number of nitrogens with zero attached hydrogens (tertiary/aromatic N) is 2. The smallest absolute Gasteiger partial charge is 0.264 e. The molecule has 4 aromatic carbocycles. The van der Waals surface area contributed by atoms with E-state index < -0.39 is 28.5 Å². The molecule has 224 valence electrons. The lowest BCUT2D eigenvalue weighted by molar-refractivity contribution is -0.140. The minimum Gasteiger partial charge on any atom is -0.355 e. The van der Waals surface area contributed by atoms with Crippen LogP contribution in [0.2, 0.25) is 15.1 Å². The molecular formula is C32H30Cl3N3O4S. The highest BCUT2D eigenvalue weighted by Crippen LogP contribution is 2.33. The molecule has 0 aliphatic heterocycles. The second kappa shape index (κ2) is 14.8. The maximum absolute atomic E-state index is 14.4. The van der Waals surface area contributed by atoms with Crippen molar-refractivity contribution in [2.24, 2.45) is 0 Å². The van der Waals surface area contributed by atoms with E-state index in [1.54, 1.807) is 49.4 Å². The Bertz CT molecular complexity index is 1650. The second-order valence-electron chi connectivity index (χ2n) is 9.67. The van der Waals surface area contributed by atoms with Crippen molar-refractivity contribution >= 4 is 62.3 Å². The zero-order valence-electron chi connectivity index (χ0n) is 23.3. The van der Waals surface area contributed by atoms with Gasteiger partial charge < -0.3 is 10.2 Å². The number of amides is 2. The number of halogens is 3. The van der Waals surface area contributed by atoms with Crippen LogP contribution in [0.4, 0.5) is 5.69 Å². The molecule has 4 rings (SSSR count). The Morgan fingerprint density at radius 3 is 2.02 bits per heavy atom. The molecule has 1 N–H and O–H groups in total. The Balaban J connectivity index is 1.81. The third kappa shape index (κ3) is 8.30. The summed E-state index contributed by atoms with van der Waals surface area (Å²) >= 11 is 18.8. The van der Waals surface area contributed by atoms with Crippen LogP contribution in [0.25, 0.3) is 0 Å². The molecule has 0 saturated heterocycles. The summed E-state index contributed by atoms with van der Waals surface area (Å²) in [5.41, 5.74) is 1.58. The molecule has 11 heteroatoms. The number of carbonyl (C=O) groups is 2. The molecule has 1 unspecified atom stereocenters. The van der Waals surface area contributed by atoms with Gasteiger partial charge in [0, 0.05) is 29.6 Å². The molecule has 0 saturated carbocycles. The Kier molecular flexibility index (Phi) is 11.1. The molecule has 0 bridgehead atoms. The number of sulfonamides is 1. The SMILES string of the molecule is CCNC(=O)C(Cc1ccccc1)N(Cc1ccc(Cl)cc1)C(=O)CN(c1cc(Cl)ccc1Cl)S(=O)(=O)c1ccccc1. The highest BCUT2D eigenvalue weighted by Gasteiger charge is 2.35. The molecule has 0 fully saturated rings. The third-order valence-electron chi connectivity index (χ3n) is 6.68. The molecule has 0 aromatic heterocycles. The summed E-state index contributed by atoms with van der Waals surface area (Å²) in [5, 5.41) is 3.67. The Hall–Kier alpha value is -3.56. The Morgan fingerprint density at radius 1 is 0.791 bits per heavy atom. The van der Waals surface area contributed by atoms with Crippen molar-refractivity contribution in [3.05, 3.63) is 129 Å². The van der Waals surface area contributed by atoms with E-state index in [9.17, 15) is 18.0 Å². The number of hydrogen-bond donors (Lipinski definition) is 1. The van der Waals surface area contributed by atoms with Crippen LogP contribution in [0, 0.1) is 0 Å². The van der Waals surface area contributed by atoms with Crippen LogP contribution < -0.4 is 9.62 Å². The monoisotopic (exact) mass is 657 g/mol. The first-order valence-electron chi connectivity index (χ1n) is 13.5. The number of rotatable bonds is 12. The van der Waals surface area contributed by atoms with E-state index in [-0.39, 0.29) is 39.5 Å². The number of benzene rings is 4. The molecule has 7 nitrogen and oxygen atoms in total. The zero-order chi connectivity index (χ0) is 31.0. The third-order valence-corrected chi connectivity index (χ3v) is 9.26. The number of nitrogens with one attached hydrogen (secondary N) is 1. The predicted molar refractivity (Wildman–Crippen MR) is 172 cm³/mol. The fraction of sp³-hybridized carbons (Fsp3) is 0.188. The Morgan fingerprint density at radius 2 is 1.40 bits per heavy atom. The van der Waals surface area contributed by atoms with E-state index in [1.807, 2.05) is 30.3 Å². The van der Waals surface area contributed by atoms with Gasteiger partial charge in [-0.05, 0) is 60.5 Å². The maximum Gasteiger partial charge on any atom is 0.264 e. The van der Waals surface area contributed by atoms with Gasteiger partial charge in [0.1, 0.15) is 12.6 Å². The standard InChI is InChI=1S/C32H30Cl3N3O4S/c1-2-36-32(40)30(19-23-9-5-3-6-10-23)37(21-24-13-15-25(33)16-14-24)31(39)22-38(29-20-26(34)17-18-28(29)35)43(41,42)27-11-7-4-8-12-27/h3-18,20,30H,2,19,21-22H2,1H3,(H,36,40). The summed E-state index contributed by atoms with van der Waals surface area (Å²) < 4.78 is 28.9. The van der Waals surface area contributed by atoms with E-state index in [0.29, 0.717) is 17.1 Å². The topological polar surface area (TPSA) is 86.8 Å². The van der Waals surface area contributed by atoms with Crippen molar-refractivity contribution in [2.75, 3.05) is 17.4 Å². The number of anilines is 1. The largest absolute Gasteiger partial charge is 0.355 e. The fourth-order valence-electron chi connectivity index (χ4n) is 4.54. The summed E-state index contributed by atoms with van der Waals surface area (Å²) in [6.07, 6.45) is 0.204. The molecule has 0 radical (unpaired) electrons. The van der Waals surface area contributed by atoms with Crippen molar-refractivity contribution < 1.29 is 18.0 Å². The normalized spacial score (nSPS) is 11.9. The molecule has 0 aliphatic rings. The maximum atomic E-state index is 14.4. The number of carbonyl (C=O) groups excluding carboxylic acids is 2. The lowest BCUT2D eigenvalue weighted by Crippen LogP contribution is -2.53. The molecule has 43 heavy (non-hydrogen) atoms. The highest BCUT2D eigenvalue weighted by atomic mass is 35.5. The first kappa shape index (κ1) is 32.4. The van der Waals surface area contributed by atoms with Crippen LogP contribution in [-0.4, -0.2) is 44.3 Å². The highest BCUT2D eigenvalue weighted by molar-refractivity contribution is 7.92. The van der Waals surface area contributed by atoms with Crippen molar-refractivity contribution in [1.82, 2.24) is 10.2 Å². The van der Waals surface area contributed by atoms with Crippen molar-refractivity contribution in [3.63, 3.8) is 0 Å². The van der Waals surface area contributed by atoms with E-state index >= 15 is 0 Å². The van der Waals surface area contributed by atoms with Crippen LogP contribution in [0.5, 0.6) is 0 Å². The van der Waals surface area contributed by atoms with Gasteiger partial charge in [-0.3, -0.25) is 13.9 Å². The van der Waals surface area contributed by atoms with Crippen LogP contribution >= 0.6 is 34.8 Å². The Labute approximate surface area is 267 Å². The minimum absolute atomic E-state index is 0.0210. The number of hydrogen-bond acceptors (Lipinski definition) is 4. The van der Waals surface area contributed by atoms with Gasteiger partial charge in [-0.2, -0.15) is 0 Å². The van der Waals surface area contributed by atoms with Gasteiger partial charge in [-0.15, -0.1) is 0 Å². The van der Waals surface area contributed by atoms with Crippen molar-refractivity contribution in [2.45, 2.75) is 30.8 Å². The summed E-state index contributed by atoms with van der Waals surface area (Å²) in [6.45, 7) is 1.51. The summed E-state index contributed by atoms with van der Waals surface area (Å²) in [6, 6.07) is 27.4. The van der Waals surface area contributed by atoms with Crippen LogP contribution in [-0.2, 0) is 32.6 Å². The molecule has 0 heterocycles. The summed E-state index contributed by atoms with van der Waals surface area (Å²) in [7, 11) is -4.29. The average Bonchev–Trinajstić information content (AvgIpc) is 3.01. The van der Waals surface area contributed by atoms with Crippen LogP contribution in [0.3, 0.4) is 0 Å². The molecule has 2 amide bonds. The minimum atomic E-state index is -4.29. The second-order valence-corrected chi connectivity index (χ2v) is 12.8. The van der Waals surface area contributed by atoms with Gasteiger partial charge in [0.05, 0.1) is 15.6 Å². The lowest BCUT2D eigenvalue weighted by Gasteiger charge is -2.34. The first-order valence-corrected chi connectivity index (χ1v) is 16.1. The molecule has 4 aromatic rings. The predicted octanol–water partition coefficient (Wildman–Crippen LogP) is 6.62.